The number of rotatable bonds is 3. The molecule has 0 N–H and O–H groups in total. The second-order valence-corrected chi connectivity index (χ2v) is 5.17. The molecule has 3 nitrogen and oxygen atoms in total. The summed E-state index contributed by atoms with van der Waals surface area (Å²) in [5.74, 6) is -0.323. The molecule has 0 radical (unpaired) electrons. The Morgan fingerprint density at radius 3 is 2.45 bits per heavy atom. The van der Waals surface area contributed by atoms with E-state index in [4.69, 9.17) is 23.2 Å². The van der Waals surface area contributed by atoms with Gasteiger partial charge in [-0.2, -0.15) is 0 Å². The summed E-state index contributed by atoms with van der Waals surface area (Å²) in [5.41, 5.74) is 0.515. The van der Waals surface area contributed by atoms with E-state index in [9.17, 15) is 9.18 Å². The van der Waals surface area contributed by atoms with Crippen molar-refractivity contribution in [2.75, 3.05) is 32.1 Å². The van der Waals surface area contributed by atoms with Crippen LogP contribution in [-0.2, 0) is 11.3 Å². The zero-order chi connectivity index (χ0) is 13.8. The molecule has 0 aromatic heterocycles. The summed E-state index contributed by atoms with van der Waals surface area (Å²) in [4.78, 5) is 15.2. The highest BCUT2D eigenvalue weighted by atomic mass is 35.5. The third kappa shape index (κ3) is 4.22. The molecule has 1 aromatic rings. The van der Waals surface area contributed by atoms with Gasteiger partial charge in [0.05, 0.1) is 0 Å². The van der Waals surface area contributed by atoms with Gasteiger partial charge in [0.15, 0.2) is 0 Å². The number of halogens is 4. The Bertz CT molecular complexity index is 445. The smallest absolute Gasteiger partial charge is 0.237 e. The van der Waals surface area contributed by atoms with Gasteiger partial charge in [-0.05, 0) is 12.1 Å². The third-order valence-corrected chi connectivity index (χ3v) is 3.87. The molecule has 112 valence electrons. The van der Waals surface area contributed by atoms with Crippen LogP contribution in [0.4, 0.5) is 4.39 Å². The molecule has 0 unspecified atom stereocenters. The highest BCUT2D eigenvalue weighted by Crippen LogP contribution is 2.21. The normalized spacial score (nSPS) is 15.8. The van der Waals surface area contributed by atoms with Crippen molar-refractivity contribution >= 4 is 29.1 Å². The Hall–Kier alpha value is -0.550. The molecule has 1 aliphatic heterocycles. The van der Waals surface area contributed by atoms with Gasteiger partial charge in [0.2, 0.25) is 5.91 Å². The van der Waals surface area contributed by atoms with E-state index in [1.165, 1.54) is 6.07 Å². The number of amides is 1. The summed E-state index contributed by atoms with van der Waals surface area (Å²) in [6, 6.07) is 4.69. The number of hydrogen-bond donors (Lipinski definition) is 0. The molecule has 2 rings (SSSR count). The first-order valence-corrected chi connectivity index (χ1v) is 7.02. The van der Waals surface area contributed by atoms with Gasteiger partial charge in [-0.3, -0.25) is 9.69 Å². The minimum Gasteiger partial charge on any atom is -1.00 e. The summed E-state index contributed by atoms with van der Waals surface area (Å²) >= 11 is 11.5. The van der Waals surface area contributed by atoms with Crippen molar-refractivity contribution in [2.24, 2.45) is 0 Å². The molecule has 1 aliphatic rings. The van der Waals surface area contributed by atoms with Gasteiger partial charge in [-0.1, -0.05) is 17.7 Å². The molecule has 0 bridgehead atoms. The van der Waals surface area contributed by atoms with Crippen LogP contribution >= 0.6 is 23.2 Å². The van der Waals surface area contributed by atoms with E-state index in [1.807, 2.05) is 0 Å². The van der Waals surface area contributed by atoms with Crippen molar-refractivity contribution in [1.29, 1.82) is 0 Å². The molecule has 20 heavy (non-hydrogen) atoms. The molecule has 0 spiro atoms. The first kappa shape index (κ1) is 17.5. The van der Waals surface area contributed by atoms with Crippen molar-refractivity contribution in [3.05, 3.63) is 34.6 Å². The summed E-state index contributed by atoms with van der Waals surface area (Å²) in [7, 11) is 0. The zero-order valence-electron chi connectivity index (χ0n) is 10.8. The monoisotopic (exact) mass is 339 g/mol. The van der Waals surface area contributed by atoms with Crippen molar-refractivity contribution < 1.29 is 21.6 Å². The standard InChI is InChI=1S/C13H15Cl2FN2O.ClH/c14-8-13(19)18-6-4-17(5-7-18)9-10-11(15)2-1-3-12(10)16;/h1-3H,4-9H2;1H/p-1. The van der Waals surface area contributed by atoms with Crippen LogP contribution in [0.5, 0.6) is 0 Å². The molecule has 1 heterocycles. The van der Waals surface area contributed by atoms with Gasteiger partial charge in [0, 0.05) is 43.3 Å². The van der Waals surface area contributed by atoms with E-state index in [-0.39, 0.29) is 30.0 Å². The minimum absolute atomic E-state index is 0. The number of alkyl halides is 1. The SMILES string of the molecule is O=C(CCl)N1CCN(Cc2c(F)cccc2Cl)CC1.[Cl-]. The number of carbonyl (C=O) groups excluding carboxylic acids is 1. The maximum atomic E-state index is 13.7. The van der Waals surface area contributed by atoms with E-state index >= 15 is 0 Å². The quantitative estimate of drug-likeness (QED) is 0.684. The van der Waals surface area contributed by atoms with Crippen molar-refractivity contribution in [3.8, 4) is 0 Å². The Labute approximate surface area is 134 Å². The third-order valence-electron chi connectivity index (χ3n) is 3.28. The van der Waals surface area contributed by atoms with Gasteiger partial charge >= 0.3 is 0 Å². The summed E-state index contributed by atoms with van der Waals surface area (Å²) < 4.78 is 13.7. The Morgan fingerprint density at radius 1 is 1.25 bits per heavy atom. The Morgan fingerprint density at radius 2 is 1.90 bits per heavy atom. The number of hydrogen-bond acceptors (Lipinski definition) is 2. The molecule has 1 amide bonds. The first-order chi connectivity index (χ1) is 9.11. The molecule has 0 atom stereocenters. The van der Waals surface area contributed by atoms with Crippen LogP contribution in [0.1, 0.15) is 5.56 Å². The van der Waals surface area contributed by atoms with Gasteiger partial charge in [-0.25, -0.2) is 4.39 Å². The number of piperazine rings is 1. The van der Waals surface area contributed by atoms with Crippen molar-refractivity contribution in [1.82, 2.24) is 9.80 Å². The summed E-state index contributed by atoms with van der Waals surface area (Å²) in [6.07, 6.45) is 0. The molecule has 7 heteroatoms. The minimum atomic E-state index is -0.285. The van der Waals surface area contributed by atoms with E-state index in [0.717, 1.165) is 0 Å². The van der Waals surface area contributed by atoms with E-state index in [2.05, 4.69) is 4.90 Å². The Kier molecular flexibility index (Phi) is 7.03. The van der Waals surface area contributed by atoms with E-state index in [0.29, 0.717) is 43.3 Å². The number of benzene rings is 1. The topological polar surface area (TPSA) is 23.6 Å². The highest BCUT2D eigenvalue weighted by Gasteiger charge is 2.21. The molecule has 1 fully saturated rings. The van der Waals surface area contributed by atoms with Gasteiger partial charge in [-0.15, -0.1) is 11.6 Å². The molecule has 0 aliphatic carbocycles. The van der Waals surface area contributed by atoms with Crippen LogP contribution < -0.4 is 12.4 Å². The van der Waals surface area contributed by atoms with Gasteiger partial charge in [0.25, 0.3) is 0 Å². The molecule has 0 saturated carbocycles. The molecular formula is C13H15Cl3FN2O-. The van der Waals surface area contributed by atoms with Crippen LogP contribution in [0, 0.1) is 5.82 Å². The average molecular weight is 341 g/mol. The fourth-order valence-corrected chi connectivity index (χ4v) is 2.54. The predicted octanol–water partition coefficient (Wildman–Crippen LogP) is -0.634. The highest BCUT2D eigenvalue weighted by molar-refractivity contribution is 6.31. The largest absolute Gasteiger partial charge is 1.00 e. The van der Waals surface area contributed by atoms with Crippen molar-refractivity contribution in [3.63, 3.8) is 0 Å². The molecule has 1 saturated heterocycles. The van der Waals surface area contributed by atoms with Crippen LogP contribution in [0.15, 0.2) is 18.2 Å². The lowest BCUT2D eigenvalue weighted by Crippen LogP contribution is -3.00. The molecular weight excluding hydrogens is 326 g/mol. The molecule has 1 aromatic carbocycles. The lowest BCUT2D eigenvalue weighted by molar-refractivity contribution is -0.130. The van der Waals surface area contributed by atoms with Crippen LogP contribution in [0.3, 0.4) is 0 Å². The average Bonchev–Trinajstić information content (AvgIpc) is 2.43. The zero-order valence-corrected chi connectivity index (χ0v) is 13.1. The number of nitrogens with zero attached hydrogens (tertiary/aromatic N) is 2. The van der Waals surface area contributed by atoms with Gasteiger partial charge in [0.1, 0.15) is 11.7 Å². The lowest BCUT2D eigenvalue weighted by Gasteiger charge is -2.34. The van der Waals surface area contributed by atoms with E-state index < -0.39 is 0 Å². The van der Waals surface area contributed by atoms with Crippen LogP contribution in [-0.4, -0.2) is 47.8 Å². The Balaban J connectivity index is 0.00000200. The lowest BCUT2D eigenvalue weighted by atomic mass is 10.2. The second kappa shape index (κ2) is 8.03. The van der Waals surface area contributed by atoms with Gasteiger partial charge < -0.3 is 17.3 Å². The predicted molar refractivity (Wildman–Crippen MR) is 74.0 cm³/mol. The fraction of sp³-hybridized carbons (Fsp3) is 0.462. The summed E-state index contributed by atoms with van der Waals surface area (Å²) in [5, 5.41) is 0.444. The van der Waals surface area contributed by atoms with Crippen molar-refractivity contribution in [2.45, 2.75) is 6.54 Å². The number of carbonyl (C=O) groups is 1. The van der Waals surface area contributed by atoms with Crippen LogP contribution in [0.2, 0.25) is 5.02 Å². The van der Waals surface area contributed by atoms with Crippen LogP contribution in [0.25, 0.3) is 0 Å². The second-order valence-electron chi connectivity index (χ2n) is 4.49. The maximum absolute atomic E-state index is 13.7. The summed E-state index contributed by atoms with van der Waals surface area (Å²) in [6.45, 7) is 3.12. The van der Waals surface area contributed by atoms with E-state index in [1.54, 1.807) is 17.0 Å². The first-order valence-electron chi connectivity index (χ1n) is 6.11. The fourth-order valence-electron chi connectivity index (χ4n) is 2.15. The maximum Gasteiger partial charge on any atom is 0.237 e.